The van der Waals surface area contributed by atoms with Crippen molar-refractivity contribution in [3.05, 3.63) is 35.5 Å². The van der Waals surface area contributed by atoms with Crippen molar-refractivity contribution in [2.24, 2.45) is 5.41 Å². The van der Waals surface area contributed by atoms with Gasteiger partial charge in [0, 0.05) is 23.2 Å². The average molecular weight is 385 g/mol. The number of benzene rings is 1. The Balaban J connectivity index is 1.42. The molecule has 1 aromatic rings. The highest BCUT2D eigenvalue weighted by molar-refractivity contribution is 5.91. The van der Waals surface area contributed by atoms with Crippen LogP contribution in [0.3, 0.4) is 0 Å². The van der Waals surface area contributed by atoms with Crippen molar-refractivity contribution in [2.75, 3.05) is 6.79 Å². The van der Waals surface area contributed by atoms with Crippen LogP contribution in [-0.4, -0.2) is 24.8 Å². The molecule has 1 unspecified atom stereocenters. The largest absolute Gasteiger partial charge is 0.454 e. The summed E-state index contributed by atoms with van der Waals surface area (Å²) in [6.45, 7) is 9.11. The minimum absolute atomic E-state index is 0.0877. The molecule has 1 amide bonds. The summed E-state index contributed by atoms with van der Waals surface area (Å²) in [6, 6.07) is 6.42. The second kappa shape index (κ2) is 7.02. The van der Waals surface area contributed by atoms with Crippen LogP contribution in [0.25, 0.3) is 0 Å². The molecule has 5 nitrogen and oxygen atoms in total. The zero-order valence-corrected chi connectivity index (χ0v) is 17.4. The molecule has 0 aromatic heterocycles. The van der Waals surface area contributed by atoms with E-state index < -0.39 is 5.41 Å². The number of rotatable bonds is 6. The van der Waals surface area contributed by atoms with E-state index in [0.29, 0.717) is 6.04 Å². The molecule has 2 N–H and O–H groups in total. The van der Waals surface area contributed by atoms with Crippen molar-refractivity contribution in [2.45, 2.75) is 77.3 Å². The van der Waals surface area contributed by atoms with Gasteiger partial charge in [0.1, 0.15) is 0 Å². The molecule has 2 atom stereocenters. The number of allylic oxidation sites excluding steroid dienone is 2. The predicted octanol–water partition coefficient (Wildman–Crippen LogP) is 4.02. The summed E-state index contributed by atoms with van der Waals surface area (Å²) in [6.07, 6.45) is 7.20. The molecule has 2 aliphatic carbocycles. The SMILES string of the molecule is CC/C=C(\N[C@@H]1CCC1NC(=O)C1(c2ccc3c(c2)OCO3)CC1)C(C)(C)C. The van der Waals surface area contributed by atoms with Gasteiger partial charge in [-0.05, 0) is 49.8 Å². The number of carbonyl (C=O) groups excluding carboxylic acids is 1. The van der Waals surface area contributed by atoms with Crippen LogP contribution in [0.1, 0.15) is 65.4 Å². The van der Waals surface area contributed by atoms with Crippen molar-refractivity contribution < 1.29 is 14.3 Å². The van der Waals surface area contributed by atoms with Crippen LogP contribution in [-0.2, 0) is 10.2 Å². The zero-order valence-electron chi connectivity index (χ0n) is 17.4. The van der Waals surface area contributed by atoms with Crippen LogP contribution in [0.15, 0.2) is 30.0 Å². The number of amides is 1. The van der Waals surface area contributed by atoms with Gasteiger partial charge in [0.05, 0.1) is 5.41 Å². The number of hydrogen-bond donors (Lipinski definition) is 2. The van der Waals surface area contributed by atoms with Gasteiger partial charge < -0.3 is 20.1 Å². The molecule has 0 radical (unpaired) electrons. The Hall–Kier alpha value is -2.17. The fourth-order valence-corrected chi connectivity index (χ4v) is 4.10. The van der Waals surface area contributed by atoms with Crippen molar-refractivity contribution >= 4 is 5.91 Å². The predicted molar refractivity (Wildman–Crippen MR) is 109 cm³/mol. The van der Waals surface area contributed by atoms with Crippen molar-refractivity contribution in [3.8, 4) is 11.5 Å². The highest BCUT2D eigenvalue weighted by atomic mass is 16.7. The molecular formula is C23H32N2O3. The lowest BCUT2D eigenvalue weighted by Crippen LogP contribution is -2.58. The van der Waals surface area contributed by atoms with E-state index in [-0.39, 0.29) is 24.2 Å². The third-order valence-corrected chi connectivity index (χ3v) is 6.26. The average Bonchev–Trinajstić information content (AvgIpc) is 3.32. The third kappa shape index (κ3) is 3.47. The van der Waals surface area contributed by atoms with Gasteiger partial charge in [-0.2, -0.15) is 0 Å². The number of carbonyl (C=O) groups is 1. The Bertz CT molecular complexity index is 790. The molecule has 2 saturated carbocycles. The van der Waals surface area contributed by atoms with Crippen LogP contribution in [0.2, 0.25) is 0 Å². The molecule has 2 fully saturated rings. The number of nitrogens with one attached hydrogen (secondary N) is 2. The maximum absolute atomic E-state index is 13.2. The first-order valence-electron chi connectivity index (χ1n) is 10.5. The van der Waals surface area contributed by atoms with E-state index in [1.54, 1.807) is 0 Å². The van der Waals surface area contributed by atoms with E-state index in [1.165, 1.54) is 5.70 Å². The highest BCUT2D eigenvalue weighted by Crippen LogP contribution is 2.51. The third-order valence-electron chi connectivity index (χ3n) is 6.26. The fraction of sp³-hybridized carbons (Fsp3) is 0.609. The lowest BCUT2D eigenvalue weighted by atomic mass is 9.82. The van der Waals surface area contributed by atoms with Gasteiger partial charge in [0.15, 0.2) is 11.5 Å². The molecule has 0 spiro atoms. The molecule has 4 rings (SSSR count). The lowest BCUT2D eigenvalue weighted by Gasteiger charge is -2.41. The molecule has 1 heterocycles. The van der Waals surface area contributed by atoms with Crippen molar-refractivity contribution in [1.29, 1.82) is 0 Å². The highest BCUT2D eigenvalue weighted by Gasteiger charge is 2.53. The standard InChI is InChI=1S/C23H32N2O3/c1-5-6-20(22(2,3)4)24-16-8-9-17(16)25-21(26)23(11-12-23)15-7-10-18-19(13-15)28-14-27-18/h6-7,10,13,16-17,24H,5,8-9,11-12,14H2,1-4H3,(H,25,26)/b20-6-/t16-,17?/m1/s1. The molecular weight excluding hydrogens is 352 g/mol. The molecule has 0 bridgehead atoms. The molecule has 3 aliphatic rings. The minimum atomic E-state index is -0.396. The fourth-order valence-electron chi connectivity index (χ4n) is 4.10. The van der Waals surface area contributed by atoms with E-state index in [1.807, 2.05) is 18.2 Å². The van der Waals surface area contributed by atoms with Gasteiger partial charge in [-0.15, -0.1) is 0 Å². The maximum Gasteiger partial charge on any atom is 0.231 e. The summed E-state index contributed by atoms with van der Waals surface area (Å²) in [7, 11) is 0. The Morgan fingerprint density at radius 2 is 1.82 bits per heavy atom. The number of hydrogen-bond acceptors (Lipinski definition) is 4. The summed E-state index contributed by atoms with van der Waals surface area (Å²) in [5.74, 6) is 1.67. The molecule has 28 heavy (non-hydrogen) atoms. The van der Waals surface area contributed by atoms with Gasteiger partial charge >= 0.3 is 0 Å². The first-order chi connectivity index (χ1) is 13.3. The summed E-state index contributed by atoms with van der Waals surface area (Å²) < 4.78 is 10.9. The lowest BCUT2D eigenvalue weighted by molar-refractivity contribution is -0.125. The van der Waals surface area contributed by atoms with E-state index in [9.17, 15) is 4.79 Å². The smallest absolute Gasteiger partial charge is 0.231 e. The maximum atomic E-state index is 13.2. The molecule has 0 saturated heterocycles. The number of ether oxygens (including phenoxy) is 2. The normalized spacial score (nSPS) is 25.1. The van der Waals surface area contributed by atoms with Crippen LogP contribution in [0.5, 0.6) is 11.5 Å². The van der Waals surface area contributed by atoms with E-state index in [0.717, 1.165) is 49.2 Å². The van der Waals surface area contributed by atoms with E-state index in [4.69, 9.17) is 9.47 Å². The van der Waals surface area contributed by atoms with Crippen LogP contribution >= 0.6 is 0 Å². The topological polar surface area (TPSA) is 59.6 Å². The van der Waals surface area contributed by atoms with Crippen LogP contribution < -0.4 is 20.1 Å². The van der Waals surface area contributed by atoms with E-state index >= 15 is 0 Å². The van der Waals surface area contributed by atoms with Gasteiger partial charge in [0.2, 0.25) is 12.7 Å². The Kier molecular flexibility index (Phi) is 4.80. The van der Waals surface area contributed by atoms with Gasteiger partial charge in [-0.3, -0.25) is 4.79 Å². The van der Waals surface area contributed by atoms with E-state index in [2.05, 4.69) is 44.4 Å². The van der Waals surface area contributed by atoms with Crippen molar-refractivity contribution in [3.63, 3.8) is 0 Å². The molecule has 1 aliphatic heterocycles. The van der Waals surface area contributed by atoms with Crippen molar-refractivity contribution in [1.82, 2.24) is 10.6 Å². The monoisotopic (exact) mass is 384 g/mol. The number of fused-ring (bicyclic) bond motifs is 1. The molecule has 5 heteroatoms. The zero-order chi connectivity index (χ0) is 19.9. The summed E-state index contributed by atoms with van der Waals surface area (Å²) >= 11 is 0. The minimum Gasteiger partial charge on any atom is -0.454 e. The van der Waals surface area contributed by atoms with Gasteiger partial charge in [-0.25, -0.2) is 0 Å². The quantitative estimate of drug-likeness (QED) is 0.778. The first-order valence-corrected chi connectivity index (χ1v) is 10.5. The second-order valence-electron chi connectivity index (χ2n) is 9.33. The Morgan fingerprint density at radius 1 is 1.14 bits per heavy atom. The molecule has 1 aromatic carbocycles. The molecule has 152 valence electrons. The second-order valence-corrected chi connectivity index (χ2v) is 9.33. The van der Waals surface area contributed by atoms with Gasteiger partial charge in [0.25, 0.3) is 0 Å². The van der Waals surface area contributed by atoms with Gasteiger partial charge in [-0.1, -0.05) is 39.8 Å². The summed E-state index contributed by atoms with van der Waals surface area (Å²) in [5.41, 5.74) is 2.01. The first kappa shape index (κ1) is 19.2. The van der Waals surface area contributed by atoms with Crippen LogP contribution in [0, 0.1) is 5.41 Å². The van der Waals surface area contributed by atoms with Crippen LogP contribution in [0.4, 0.5) is 0 Å². The Labute approximate surface area is 167 Å². The Morgan fingerprint density at radius 3 is 2.43 bits per heavy atom. The summed E-state index contributed by atoms with van der Waals surface area (Å²) in [5, 5.41) is 7.04. The summed E-state index contributed by atoms with van der Waals surface area (Å²) in [4.78, 5) is 13.2.